The maximum Gasteiger partial charge on any atom is 0.141 e. The molecule has 0 aliphatic rings. The van der Waals surface area contributed by atoms with Gasteiger partial charge in [-0.05, 0) is 23.8 Å². The summed E-state index contributed by atoms with van der Waals surface area (Å²) in [5.74, 6) is -1.16. The molecule has 2 aromatic rings. The number of halogens is 2. The van der Waals surface area contributed by atoms with Gasteiger partial charge < -0.3 is 15.3 Å². The number of carbonyl (C=O) groups excluding carboxylic acids is 1. The van der Waals surface area contributed by atoms with Crippen molar-refractivity contribution < 1.29 is 20.1 Å². The SMILES string of the molecule is O=C(Cc1cc(Cl)cc(Cl)c1)Cc1c(O)cc(O)cc1O. The molecule has 0 atom stereocenters. The fraction of sp³-hybridized carbons (Fsp3) is 0.133. The van der Waals surface area contributed by atoms with Crippen LogP contribution in [-0.4, -0.2) is 21.1 Å². The molecule has 0 fully saturated rings. The average molecular weight is 327 g/mol. The van der Waals surface area contributed by atoms with E-state index >= 15 is 0 Å². The van der Waals surface area contributed by atoms with E-state index in [1.165, 1.54) is 0 Å². The molecule has 2 rings (SSSR count). The summed E-state index contributed by atoms with van der Waals surface area (Å²) in [6.07, 6.45) is -0.0951. The van der Waals surface area contributed by atoms with E-state index < -0.39 is 0 Å². The highest BCUT2D eigenvalue weighted by molar-refractivity contribution is 6.34. The second-order valence-electron chi connectivity index (χ2n) is 4.63. The minimum atomic E-state index is -0.329. The lowest BCUT2D eigenvalue weighted by atomic mass is 10.0. The minimum Gasteiger partial charge on any atom is -0.508 e. The minimum absolute atomic E-state index is 0.0695. The lowest BCUT2D eigenvalue weighted by molar-refractivity contribution is -0.117. The molecule has 2 aromatic carbocycles. The zero-order chi connectivity index (χ0) is 15.6. The molecule has 21 heavy (non-hydrogen) atoms. The van der Waals surface area contributed by atoms with Gasteiger partial charge in [-0.3, -0.25) is 4.79 Å². The second kappa shape index (κ2) is 6.24. The van der Waals surface area contributed by atoms with Gasteiger partial charge in [-0.1, -0.05) is 23.2 Å². The smallest absolute Gasteiger partial charge is 0.141 e. The first-order chi connectivity index (χ1) is 9.85. The monoisotopic (exact) mass is 326 g/mol. The van der Waals surface area contributed by atoms with Gasteiger partial charge in [0.25, 0.3) is 0 Å². The maximum absolute atomic E-state index is 12.0. The molecule has 0 radical (unpaired) electrons. The molecule has 110 valence electrons. The fourth-order valence-electron chi connectivity index (χ4n) is 2.01. The molecule has 0 saturated heterocycles. The van der Waals surface area contributed by atoms with Gasteiger partial charge in [-0.25, -0.2) is 0 Å². The lowest BCUT2D eigenvalue weighted by Gasteiger charge is -2.08. The second-order valence-corrected chi connectivity index (χ2v) is 5.51. The average Bonchev–Trinajstić information content (AvgIpc) is 2.32. The molecular formula is C15H12Cl2O4. The van der Waals surface area contributed by atoms with Crippen molar-refractivity contribution >= 4 is 29.0 Å². The molecule has 0 amide bonds. The van der Waals surface area contributed by atoms with E-state index in [0.29, 0.717) is 15.6 Å². The van der Waals surface area contributed by atoms with Crippen LogP contribution in [0.5, 0.6) is 17.2 Å². The largest absolute Gasteiger partial charge is 0.508 e. The quantitative estimate of drug-likeness (QED) is 0.804. The first-order valence-electron chi connectivity index (χ1n) is 6.05. The molecular weight excluding hydrogens is 315 g/mol. The van der Waals surface area contributed by atoms with Gasteiger partial charge in [0, 0.05) is 40.6 Å². The summed E-state index contributed by atoms with van der Waals surface area (Å²) in [5, 5.41) is 29.4. The summed E-state index contributed by atoms with van der Waals surface area (Å²) in [7, 11) is 0. The number of Topliss-reactive ketones (excluding diaryl/α,β-unsaturated/α-hetero) is 1. The van der Waals surface area contributed by atoms with Crippen LogP contribution in [0.3, 0.4) is 0 Å². The van der Waals surface area contributed by atoms with Crippen LogP contribution in [-0.2, 0) is 17.6 Å². The van der Waals surface area contributed by atoms with Gasteiger partial charge in [-0.15, -0.1) is 0 Å². The molecule has 0 unspecified atom stereocenters. The third-order valence-corrected chi connectivity index (χ3v) is 3.32. The van der Waals surface area contributed by atoms with Gasteiger partial charge in [0.1, 0.15) is 23.0 Å². The van der Waals surface area contributed by atoms with Crippen LogP contribution in [0.1, 0.15) is 11.1 Å². The van der Waals surface area contributed by atoms with Crippen LogP contribution < -0.4 is 0 Å². The van der Waals surface area contributed by atoms with Crippen molar-refractivity contribution in [2.75, 3.05) is 0 Å². The van der Waals surface area contributed by atoms with Crippen molar-refractivity contribution in [3.05, 3.63) is 51.5 Å². The summed E-state index contributed by atoms with van der Waals surface area (Å²) in [6, 6.07) is 6.95. The van der Waals surface area contributed by atoms with Gasteiger partial charge in [0.2, 0.25) is 0 Å². The Morgan fingerprint density at radius 1 is 0.857 bits per heavy atom. The maximum atomic E-state index is 12.0. The lowest BCUT2D eigenvalue weighted by Crippen LogP contribution is -2.07. The summed E-state index contributed by atoms with van der Waals surface area (Å²) in [6.45, 7) is 0. The molecule has 0 heterocycles. The van der Waals surface area contributed by atoms with Crippen molar-refractivity contribution in [3.8, 4) is 17.2 Å². The first-order valence-corrected chi connectivity index (χ1v) is 6.81. The number of hydrogen-bond donors (Lipinski definition) is 3. The number of aromatic hydroxyl groups is 3. The number of phenols is 3. The summed E-state index contributed by atoms with van der Waals surface area (Å²) in [4.78, 5) is 12.0. The van der Waals surface area contributed by atoms with Crippen LogP contribution in [0, 0.1) is 0 Å². The summed E-state index contributed by atoms with van der Waals surface area (Å²) >= 11 is 11.7. The number of rotatable bonds is 4. The number of ketones is 1. The Bertz CT molecular complexity index is 655. The highest BCUT2D eigenvalue weighted by Gasteiger charge is 2.14. The predicted molar refractivity (Wildman–Crippen MR) is 80.3 cm³/mol. The molecule has 0 aromatic heterocycles. The Labute approximate surface area is 131 Å². The first kappa shape index (κ1) is 15.5. The van der Waals surface area contributed by atoms with Gasteiger partial charge in [-0.2, -0.15) is 0 Å². The van der Waals surface area contributed by atoms with Crippen molar-refractivity contribution in [1.29, 1.82) is 0 Å². The van der Waals surface area contributed by atoms with Crippen molar-refractivity contribution in [3.63, 3.8) is 0 Å². The molecule has 0 spiro atoms. The van der Waals surface area contributed by atoms with E-state index in [-0.39, 0.29) is 41.4 Å². The Morgan fingerprint density at radius 3 is 1.90 bits per heavy atom. The zero-order valence-corrected chi connectivity index (χ0v) is 12.3. The molecule has 0 aliphatic carbocycles. The van der Waals surface area contributed by atoms with Crippen molar-refractivity contribution in [2.24, 2.45) is 0 Å². The third-order valence-electron chi connectivity index (χ3n) is 2.89. The van der Waals surface area contributed by atoms with Crippen LogP contribution in [0.2, 0.25) is 10.0 Å². The Hall–Kier alpha value is -1.91. The summed E-state index contributed by atoms with van der Waals surface area (Å²) < 4.78 is 0. The van der Waals surface area contributed by atoms with E-state index in [0.717, 1.165) is 12.1 Å². The van der Waals surface area contributed by atoms with Crippen molar-refractivity contribution in [1.82, 2.24) is 0 Å². The van der Waals surface area contributed by atoms with Gasteiger partial charge in [0.15, 0.2) is 0 Å². The van der Waals surface area contributed by atoms with E-state index in [1.807, 2.05) is 0 Å². The van der Waals surface area contributed by atoms with Gasteiger partial charge >= 0.3 is 0 Å². The number of carbonyl (C=O) groups is 1. The Kier molecular flexibility index (Phi) is 4.60. The molecule has 0 aliphatic heterocycles. The summed E-state index contributed by atoms with van der Waals surface area (Å²) in [5.41, 5.74) is 0.723. The van der Waals surface area contributed by atoms with E-state index in [4.69, 9.17) is 23.2 Å². The van der Waals surface area contributed by atoms with Crippen LogP contribution in [0.15, 0.2) is 30.3 Å². The molecule has 4 nitrogen and oxygen atoms in total. The van der Waals surface area contributed by atoms with E-state index in [2.05, 4.69) is 0 Å². The van der Waals surface area contributed by atoms with Crippen LogP contribution >= 0.6 is 23.2 Å². The zero-order valence-electron chi connectivity index (χ0n) is 10.8. The van der Waals surface area contributed by atoms with E-state index in [1.54, 1.807) is 18.2 Å². The molecule has 3 N–H and O–H groups in total. The number of benzene rings is 2. The normalized spacial score (nSPS) is 10.6. The van der Waals surface area contributed by atoms with Crippen LogP contribution in [0.25, 0.3) is 0 Å². The molecule has 6 heteroatoms. The van der Waals surface area contributed by atoms with Gasteiger partial charge in [0.05, 0.1) is 0 Å². The highest BCUT2D eigenvalue weighted by Crippen LogP contribution is 2.32. The Morgan fingerprint density at radius 2 is 1.38 bits per heavy atom. The molecule has 0 saturated carbocycles. The fourth-order valence-corrected chi connectivity index (χ4v) is 2.58. The standard InChI is InChI=1S/C15H12Cl2O4/c16-9-1-8(2-10(17)4-9)3-11(18)5-13-14(20)6-12(19)7-15(13)21/h1-2,4,6-7,19-21H,3,5H2. The number of hydrogen-bond acceptors (Lipinski definition) is 4. The van der Waals surface area contributed by atoms with Crippen LogP contribution in [0.4, 0.5) is 0 Å². The molecule has 0 bridgehead atoms. The third kappa shape index (κ3) is 4.03. The highest BCUT2D eigenvalue weighted by atomic mass is 35.5. The van der Waals surface area contributed by atoms with Crippen molar-refractivity contribution in [2.45, 2.75) is 12.8 Å². The van der Waals surface area contributed by atoms with E-state index in [9.17, 15) is 20.1 Å². The Balaban J connectivity index is 2.15. The topological polar surface area (TPSA) is 77.8 Å². The number of phenolic OH excluding ortho intramolecular Hbond substituents is 3. The predicted octanol–water partition coefficient (Wildman–Crippen LogP) is 3.46.